The van der Waals surface area contributed by atoms with Crippen molar-refractivity contribution in [1.29, 1.82) is 0 Å². The average Bonchev–Trinajstić information content (AvgIpc) is 2.63. The first-order valence-corrected chi connectivity index (χ1v) is 6.08. The van der Waals surface area contributed by atoms with Crippen LogP contribution in [0.15, 0.2) is 18.2 Å². The number of carbonyl (C=O) groups is 1. The lowest BCUT2D eigenvalue weighted by Gasteiger charge is -2.16. The molecule has 1 saturated heterocycles. The van der Waals surface area contributed by atoms with Crippen molar-refractivity contribution in [2.24, 2.45) is 5.73 Å². The highest BCUT2D eigenvalue weighted by atomic mass is 35.5. The summed E-state index contributed by atoms with van der Waals surface area (Å²) >= 11 is 11.7. The quantitative estimate of drug-likeness (QED) is 0.826. The number of nitrogens with two attached hydrogens (primary N) is 1. The van der Waals surface area contributed by atoms with Crippen LogP contribution in [-0.4, -0.2) is 30.1 Å². The second-order valence-corrected chi connectivity index (χ2v) is 4.96. The molecule has 17 heavy (non-hydrogen) atoms. The van der Waals surface area contributed by atoms with Crippen molar-refractivity contribution in [3.8, 4) is 0 Å². The van der Waals surface area contributed by atoms with E-state index >= 15 is 0 Å². The highest BCUT2D eigenvalue weighted by molar-refractivity contribution is 6.35. The third-order valence-electron chi connectivity index (χ3n) is 2.63. The zero-order chi connectivity index (χ0) is 12.4. The van der Waals surface area contributed by atoms with E-state index in [0.29, 0.717) is 28.8 Å². The number of nitrogens with one attached hydrogen (secondary N) is 1. The van der Waals surface area contributed by atoms with Gasteiger partial charge < -0.3 is 16.0 Å². The Morgan fingerprint density at radius 3 is 2.53 bits per heavy atom. The number of nitrogens with zero attached hydrogens (tertiary/aromatic N) is 1. The van der Waals surface area contributed by atoms with Crippen molar-refractivity contribution >= 4 is 34.9 Å². The number of urea groups is 1. The molecule has 1 aromatic rings. The molecule has 0 spiro atoms. The summed E-state index contributed by atoms with van der Waals surface area (Å²) in [5.41, 5.74) is 6.33. The minimum atomic E-state index is -0.170. The van der Waals surface area contributed by atoms with Crippen LogP contribution in [0.2, 0.25) is 10.0 Å². The molecule has 4 nitrogen and oxygen atoms in total. The molecular formula is C11H13Cl2N3O. The number of benzene rings is 1. The fourth-order valence-corrected chi connectivity index (χ4v) is 2.33. The molecule has 1 aromatic carbocycles. The molecule has 1 heterocycles. The number of rotatable bonds is 1. The van der Waals surface area contributed by atoms with Gasteiger partial charge in [-0.15, -0.1) is 0 Å². The van der Waals surface area contributed by atoms with E-state index in [9.17, 15) is 4.79 Å². The van der Waals surface area contributed by atoms with Crippen LogP contribution in [0.25, 0.3) is 0 Å². The molecule has 1 unspecified atom stereocenters. The van der Waals surface area contributed by atoms with Crippen LogP contribution in [0.4, 0.5) is 10.5 Å². The first-order valence-electron chi connectivity index (χ1n) is 5.32. The minimum absolute atomic E-state index is 0.0729. The van der Waals surface area contributed by atoms with Gasteiger partial charge in [0.15, 0.2) is 0 Å². The summed E-state index contributed by atoms with van der Waals surface area (Å²) in [6.07, 6.45) is 0.837. The van der Waals surface area contributed by atoms with Crippen molar-refractivity contribution < 1.29 is 4.79 Å². The molecule has 1 atom stereocenters. The van der Waals surface area contributed by atoms with E-state index in [1.807, 2.05) is 0 Å². The maximum Gasteiger partial charge on any atom is 0.321 e. The number of hydrogen-bond donors (Lipinski definition) is 2. The summed E-state index contributed by atoms with van der Waals surface area (Å²) < 4.78 is 0. The van der Waals surface area contributed by atoms with Crippen LogP contribution in [0.3, 0.4) is 0 Å². The first kappa shape index (κ1) is 12.5. The van der Waals surface area contributed by atoms with Crippen molar-refractivity contribution in [1.82, 2.24) is 4.90 Å². The Labute approximate surface area is 110 Å². The lowest BCUT2D eigenvalue weighted by atomic mass is 10.3. The zero-order valence-electron chi connectivity index (χ0n) is 9.12. The fraction of sp³-hybridized carbons (Fsp3) is 0.364. The van der Waals surface area contributed by atoms with Gasteiger partial charge in [-0.3, -0.25) is 0 Å². The topological polar surface area (TPSA) is 58.4 Å². The molecular weight excluding hydrogens is 261 g/mol. The average molecular weight is 274 g/mol. The second-order valence-electron chi connectivity index (χ2n) is 4.08. The van der Waals surface area contributed by atoms with Crippen molar-refractivity contribution in [3.05, 3.63) is 28.2 Å². The Morgan fingerprint density at radius 2 is 2.00 bits per heavy atom. The maximum atomic E-state index is 11.9. The van der Waals surface area contributed by atoms with E-state index in [0.717, 1.165) is 6.42 Å². The lowest BCUT2D eigenvalue weighted by Crippen LogP contribution is -2.35. The standard InChI is InChI=1S/C11H13Cl2N3O/c12-7-3-8(13)5-10(4-7)15-11(17)16-2-1-9(14)6-16/h3-5,9H,1-2,6,14H2,(H,15,17). The van der Waals surface area contributed by atoms with Gasteiger partial charge >= 0.3 is 6.03 Å². The monoisotopic (exact) mass is 273 g/mol. The summed E-state index contributed by atoms with van der Waals surface area (Å²) in [5, 5.41) is 3.73. The molecule has 0 bridgehead atoms. The molecule has 1 aliphatic heterocycles. The molecule has 2 rings (SSSR count). The Morgan fingerprint density at radius 1 is 1.35 bits per heavy atom. The van der Waals surface area contributed by atoms with E-state index in [2.05, 4.69) is 5.32 Å². The molecule has 0 radical (unpaired) electrons. The fourth-order valence-electron chi connectivity index (χ4n) is 1.80. The zero-order valence-corrected chi connectivity index (χ0v) is 10.6. The van der Waals surface area contributed by atoms with Crippen LogP contribution in [0, 0.1) is 0 Å². The molecule has 1 aliphatic rings. The van der Waals surface area contributed by atoms with E-state index < -0.39 is 0 Å². The van der Waals surface area contributed by atoms with Crippen LogP contribution < -0.4 is 11.1 Å². The Kier molecular flexibility index (Phi) is 3.76. The number of carbonyl (C=O) groups excluding carboxylic acids is 1. The van der Waals surface area contributed by atoms with Gasteiger partial charge in [0.25, 0.3) is 0 Å². The van der Waals surface area contributed by atoms with Crippen molar-refractivity contribution in [2.45, 2.75) is 12.5 Å². The van der Waals surface area contributed by atoms with Gasteiger partial charge in [-0.2, -0.15) is 0 Å². The summed E-state index contributed by atoms with van der Waals surface area (Å²) in [7, 11) is 0. The molecule has 92 valence electrons. The van der Waals surface area contributed by atoms with Gasteiger partial charge in [0.05, 0.1) is 0 Å². The summed E-state index contributed by atoms with van der Waals surface area (Å²) in [6.45, 7) is 1.27. The number of hydrogen-bond acceptors (Lipinski definition) is 2. The Balaban J connectivity index is 2.03. The SMILES string of the molecule is NC1CCN(C(=O)Nc2cc(Cl)cc(Cl)c2)C1. The summed E-state index contributed by atoms with van der Waals surface area (Å²) in [5.74, 6) is 0. The van der Waals surface area contributed by atoms with E-state index in [1.165, 1.54) is 0 Å². The second kappa shape index (κ2) is 5.12. The van der Waals surface area contributed by atoms with Gasteiger partial charge in [0.2, 0.25) is 0 Å². The van der Waals surface area contributed by atoms with Crippen LogP contribution >= 0.6 is 23.2 Å². The lowest BCUT2D eigenvalue weighted by molar-refractivity contribution is 0.222. The molecule has 1 fully saturated rings. The normalized spacial score (nSPS) is 19.5. The smallest absolute Gasteiger partial charge is 0.321 e. The Hall–Kier alpha value is -0.970. The van der Waals surface area contributed by atoms with Gasteiger partial charge in [0.1, 0.15) is 0 Å². The van der Waals surface area contributed by atoms with Crippen molar-refractivity contribution in [2.75, 3.05) is 18.4 Å². The molecule has 2 amide bonds. The van der Waals surface area contributed by atoms with Gasteiger partial charge in [-0.05, 0) is 24.6 Å². The number of amides is 2. The molecule has 6 heteroatoms. The van der Waals surface area contributed by atoms with E-state index in [-0.39, 0.29) is 12.1 Å². The van der Waals surface area contributed by atoms with Gasteiger partial charge in [-0.1, -0.05) is 23.2 Å². The summed E-state index contributed by atoms with van der Waals surface area (Å²) in [4.78, 5) is 13.5. The molecule has 0 saturated carbocycles. The third kappa shape index (κ3) is 3.25. The van der Waals surface area contributed by atoms with E-state index in [1.54, 1.807) is 23.1 Å². The minimum Gasteiger partial charge on any atom is -0.326 e. The van der Waals surface area contributed by atoms with Crippen molar-refractivity contribution in [3.63, 3.8) is 0 Å². The highest BCUT2D eigenvalue weighted by Crippen LogP contribution is 2.23. The number of halogens is 2. The number of anilines is 1. The van der Waals surface area contributed by atoms with Gasteiger partial charge in [0, 0.05) is 34.9 Å². The number of likely N-dealkylation sites (tertiary alicyclic amines) is 1. The predicted octanol–water partition coefficient (Wildman–Crippen LogP) is 2.56. The Bertz CT molecular complexity index is 418. The van der Waals surface area contributed by atoms with E-state index in [4.69, 9.17) is 28.9 Å². The predicted molar refractivity (Wildman–Crippen MR) is 69.6 cm³/mol. The molecule has 0 aliphatic carbocycles. The summed E-state index contributed by atoms with van der Waals surface area (Å²) in [6, 6.07) is 4.83. The first-order chi connectivity index (χ1) is 8.04. The third-order valence-corrected chi connectivity index (χ3v) is 3.06. The maximum absolute atomic E-state index is 11.9. The van der Waals surface area contributed by atoms with Gasteiger partial charge in [-0.25, -0.2) is 4.79 Å². The van der Waals surface area contributed by atoms with Crippen LogP contribution in [0.1, 0.15) is 6.42 Å². The van der Waals surface area contributed by atoms with Crippen LogP contribution in [-0.2, 0) is 0 Å². The molecule has 3 N–H and O–H groups in total. The molecule has 0 aromatic heterocycles. The highest BCUT2D eigenvalue weighted by Gasteiger charge is 2.23. The van der Waals surface area contributed by atoms with Crippen LogP contribution in [0.5, 0.6) is 0 Å². The largest absolute Gasteiger partial charge is 0.326 e.